The van der Waals surface area contributed by atoms with Crippen molar-refractivity contribution in [3.05, 3.63) is 30.0 Å². The van der Waals surface area contributed by atoms with Crippen LogP contribution in [0.2, 0.25) is 0 Å². The molecule has 9 heteroatoms. The average Bonchev–Trinajstić information content (AvgIpc) is 3.35. The molecule has 2 aliphatic rings. The number of fused-ring (bicyclic) bond motifs is 1. The number of nitrogens with zero attached hydrogens (tertiary/aromatic N) is 4. The number of ether oxygens (including phenoxy) is 1. The van der Waals surface area contributed by atoms with Gasteiger partial charge in [-0.3, -0.25) is 9.59 Å². The van der Waals surface area contributed by atoms with Gasteiger partial charge in [-0.25, -0.2) is 4.98 Å². The second-order valence-electron chi connectivity index (χ2n) is 8.61. The van der Waals surface area contributed by atoms with Crippen molar-refractivity contribution in [2.45, 2.75) is 45.1 Å². The monoisotopic (exact) mass is 452 g/mol. The number of methoxy groups -OCH3 is 1. The number of hydrogen-bond donors (Lipinski definition) is 2. The van der Waals surface area contributed by atoms with Crippen molar-refractivity contribution >= 4 is 35.0 Å². The lowest BCUT2D eigenvalue weighted by Crippen LogP contribution is -2.39. The highest BCUT2D eigenvalue weighted by molar-refractivity contribution is 5.99. The van der Waals surface area contributed by atoms with E-state index in [1.165, 1.54) is 12.8 Å². The van der Waals surface area contributed by atoms with Gasteiger partial charge in [0.15, 0.2) is 5.82 Å². The van der Waals surface area contributed by atoms with Crippen LogP contribution in [0.5, 0.6) is 5.75 Å². The van der Waals surface area contributed by atoms with Crippen LogP contribution in [0.1, 0.15) is 49.4 Å². The minimum absolute atomic E-state index is 0.0708. The maximum absolute atomic E-state index is 13.0. The summed E-state index contributed by atoms with van der Waals surface area (Å²) in [5, 5.41) is 5.84. The number of hydrogen-bond acceptors (Lipinski definition) is 7. The van der Waals surface area contributed by atoms with Gasteiger partial charge in [0.25, 0.3) is 5.91 Å². The number of carbonyl (C=O) groups is 2. The highest BCUT2D eigenvalue weighted by Crippen LogP contribution is 2.38. The lowest BCUT2D eigenvalue weighted by molar-refractivity contribution is -0.121. The fraction of sp³-hybridized carbons (Fsp3) is 0.500. The number of amides is 2. The highest BCUT2D eigenvalue weighted by Gasteiger charge is 2.36. The van der Waals surface area contributed by atoms with Gasteiger partial charge in [-0.2, -0.15) is 4.98 Å². The Hall–Kier alpha value is -3.36. The first-order valence-corrected chi connectivity index (χ1v) is 11.5. The van der Waals surface area contributed by atoms with Crippen molar-refractivity contribution < 1.29 is 14.3 Å². The van der Waals surface area contributed by atoms with Gasteiger partial charge < -0.3 is 25.2 Å². The Bertz CT molecular complexity index is 1040. The molecule has 1 fully saturated rings. The van der Waals surface area contributed by atoms with Crippen LogP contribution in [-0.2, 0) is 4.79 Å². The molecule has 2 aromatic rings. The number of aromatic nitrogens is 2. The van der Waals surface area contributed by atoms with E-state index in [-0.39, 0.29) is 17.7 Å². The highest BCUT2D eigenvalue weighted by atomic mass is 16.5. The van der Waals surface area contributed by atoms with Gasteiger partial charge in [0, 0.05) is 32.2 Å². The second-order valence-corrected chi connectivity index (χ2v) is 8.61. The molecular formula is C24H32N6O3. The van der Waals surface area contributed by atoms with Gasteiger partial charge in [-0.1, -0.05) is 19.8 Å². The summed E-state index contributed by atoms with van der Waals surface area (Å²) in [4.78, 5) is 38.4. The van der Waals surface area contributed by atoms with E-state index in [4.69, 9.17) is 9.72 Å². The summed E-state index contributed by atoms with van der Waals surface area (Å²) in [6, 6.07) is 5.54. The molecule has 33 heavy (non-hydrogen) atoms. The summed E-state index contributed by atoms with van der Waals surface area (Å²) in [6.07, 6.45) is 7.11. The van der Waals surface area contributed by atoms with Crippen LogP contribution in [-0.4, -0.2) is 55.6 Å². The van der Waals surface area contributed by atoms with Gasteiger partial charge >= 0.3 is 0 Å². The number of rotatable bonds is 6. The van der Waals surface area contributed by atoms with Crippen LogP contribution < -0.4 is 25.2 Å². The molecule has 2 N–H and O–H groups in total. The number of nitrogens with one attached hydrogen (secondary N) is 2. The molecule has 0 saturated heterocycles. The molecular weight excluding hydrogens is 420 g/mol. The minimum Gasteiger partial charge on any atom is -0.495 e. The normalized spacial score (nSPS) is 18.7. The van der Waals surface area contributed by atoms with E-state index < -0.39 is 0 Å². The Kier molecular flexibility index (Phi) is 6.67. The Morgan fingerprint density at radius 2 is 2.03 bits per heavy atom. The molecule has 1 aromatic carbocycles. The van der Waals surface area contributed by atoms with Crippen LogP contribution in [0.4, 0.5) is 23.1 Å². The van der Waals surface area contributed by atoms with E-state index in [1.54, 1.807) is 50.5 Å². The number of benzene rings is 1. The van der Waals surface area contributed by atoms with Crippen LogP contribution >= 0.6 is 0 Å². The number of anilines is 4. The Labute approximate surface area is 194 Å². The van der Waals surface area contributed by atoms with Gasteiger partial charge in [-0.05, 0) is 37.5 Å². The molecule has 2 amide bonds. The molecule has 1 saturated carbocycles. The predicted octanol–water partition coefficient (Wildman–Crippen LogP) is 3.34. The molecule has 1 atom stereocenters. The van der Waals surface area contributed by atoms with Gasteiger partial charge in [0.1, 0.15) is 11.4 Å². The van der Waals surface area contributed by atoms with Crippen molar-refractivity contribution in [3.63, 3.8) is 0 Å². The maximum Gasteiger partial charge on any atom is 0.251 e. The van der Waals surface area contributed by atoms with E-state index >= 15 is 0 Å². The first-order valence-electron chi connectivity index (χ1n) is 11.5. The first kappa shape index (κ1) is 22.8. The van der Waals surface area contributed by atoms with E-state index in [0.717, 1.165) is 30.8 Å². The van der Waals surface area contributed by atoms with Crippen molar-refractivity contribution in [1.29, 1.82) is 0 Å². The average molecular weight is 453 g/mol. The Morgan fingerprint density at radius 3 is 2.70 bits per heavy atom. The zero-order valence-corrected chi connectivity index (χ0v) is 19.7. The summed E-state index contributed by atoms with van der Waals surface area (Å²) in [7, 11) is 4.95. The fourth-order valence-corrected chi connectivity index (χ4v) is 4.71. The molecule has 2 heterocycles. The smallest absolute Gasteiger partial charge is 0.251 e. The van der Waals surface area contributed by atoms with Crippen molar-refractivity contribution in [2.24, 2.45) is 5.92 Å². The standard InChI is InChI=1S/C24H32N6O3/c1-5-15-14-30(17-8-6-7-9-17)21-19(29(3)23(15)32)13-26-24(28-21)27-18-11-10-16(22(31)25-2)12-20(18)33-4/h10-13,15,17H,5-9,14H2,1-4H3,(H,25,31)(H,26,27,28). The molecule has 0 bridgehead atoms. The maximum atomic E-state index is 13.0. The summed E-state index contributed by atoms with van der Waals surface area (Å²) in [6.45, 7) is 2.73. The van der Waals surface area contributed by atoms with Gasteiger partial charge in [0.05, 0.1) is 24.9 Å². The summed E-state index contributed by atoms with van der Waals surface area (Å²) in [5.74, 6) is 1.56. The molecule has 1 unspecified atom stereocenters. The summed E-state index contributed by atoms with van der Waals surface area (Å²) in [5.41, 5.74) is 1.89. The van der Waals surface area contributed by atoms with E-state index in [9.17, 15) is 9.59 Å². The third-order valence-corrected chi connectivity index (χ3v) is 6.68. The lowest BCUT2D eigenvalue weighted by atomic mass is 10.0. The molecule has 1 aliphatic heterocycles. The predicted molar refractivity (Wildman–Crippen MR) is 128 cm³/mol. The molecule has 176 valence electrons. The topological polar surface area (TPSA) is 99.7 Å². The summed E-state index contributed by atoms with van der Waals surface area (Å²) < 4.78 is 5.49. The zero-order chi connectivity index (χ0) is 23.5. The molecule has 9 nitrogen and oxygen atoms in total. The Balaban J connectivity index is 1.70. The number of carbonyl (C=O) groups excluding carboxylic acids is 2. The van der Waals surface area contributed by atoms with E-state index in [1.807, 2.05) is 0 Å². The molecule has 0 radical (unpaired) electrons. The largest absolute Gasteiger partial charge is 0.495 e. The molecule has 1 aromatic heterocycles. The SMILES string of the molecule is CCC1CN(C2CCCC2)c2nc(Nc3ccc(C(=O)NC)cc3OC)ncc2N(C)C1=O. The van der Waals surface area contributed by atoms with Crippen LogP contribution in [0, 0.1) is 5.92 Å². The van der Waals surface area contributed by atoms with Crippen LogP contribution in [0.25, 0.3) is 0 Å². The van der Waals surface area contributed by atoms with E-state index in [0.29, 0.717) is 35.5 Å². The summed E-state index contributed by atoms with van der Waals surface area (Å²) >= 11 is 0. The van der Waals surface area contributed by atoms with Crippen LogP contribution in [0.3, 0.4) is 0 Å². The minimum atomic E-state index is -0.188. The lowest BCUT2D eigenvalue weighted by Gasteiger charge is -2.31. The van der Waals surface area contributed by atoms with E-state index in [2.05, 4.69) is 27.4 Å². The van der Waals surface area contributed by atoms with Crippen molar-refractivity contribution in [1.82, 2.24) is 15.3 Å². The zero-order valence-electron chi connectivity index (χ0n) is 19.7. The first-order chi connectivity index (χ1) is 16.0. The third kappa shape index (κ3) is 4.44. The second kappa shape index (κ2) is 9.64. The quantitative estimate of drug-likeness (QED) is 0.693. The van der Waals surface area contributed by atoms with Crippen LogP contribution in [0.15, 0.2) is 24.4 Å². The fourth-order valence-electron chi connectivity index (χ4n) is 4.71. The van der Waals surface area contributed by atoms with Crippen molar-refractivity contribution in [2.75, 3.05) is 42.9 Å². The molecule has 4 rings (SSSR count). The molecule has 1 aliphatic carbocycles. The van der Waals surface area contributed by atoms with Gasteiger partial charge in [0.2, 0.25) is 11.9 Å². The molecule has 0 spiro atoms. The van der Waals surface area contributed by atoms with Gasteiger partial charge in [-0.15, -0.1) is 0 Å². The Morgan fingerprint density at radius 1 is 1.27 bits per heavy atom. The van der Waals surface area contributed by atoms with Crippen molar-refractivity contribution in [3.8, 4) is 5.75 Å². The third-order valence-electron chi connectivity index (χ3n) is 6.68.